The van der Waals surface area contributed by atoms with Crippen molar-refractivity contribution in [3.05, 3.63) is 53.1 Å². The van der Waals surface area contributed by atoms with E-state index in [1.165, 1.54) is 0 Å². The summed E-state index contributed by atoms with van der Waals surface area (Å²) in [6.07, 6.45) is 1.44. The van der Waals surface area contributed by atoms with Crippen LogP contribution >= 0.6 is 11.6 Å². The number of halogens is 1. The number of anilines is 2. The Kier molecular flexibility index (Phi) is 5.47. The van der Waals surface area contributed by atoms with E-state index in [1.807, 2.05) is 0 Å². The Labute approximate surface area is 181 Å². The van der Waals surface area contributed by atoms with Crippen LogP contribution in [0.3, 0.4) is 0 Å². The van der Waals surface area contributed by atoms with Crippen LogP contribution in [0, 0.1) is 11.8 Å². The minimum atomic E-state index is -1.13. The number of amides is 2. The molecule has 30 heavy (non-hydrogen) atoms. The average molecular weight is 428 g/mol. The molecular formula is C23H26ClN3O3. The summed E-state index contributed by atoms with van der Waals surface area (Å²) >= 11 is 6.26. The summed E-state index contributed by atoms with van der Waals surface area (Å²) in [6.45, 7) is 4.28. The van der Waals surface area contributed by atoms with Gasteiger partial charge in [-0.2, -0.15) is 0 Å². The van der Waals surface area contributed by atoms with E-state index in [-0.39, 0.29) is 17.9 Å². The number of hydrogen-bond donors (Lipinski definition) is 3. The van der Waals surface area contributed by atoms with E-state index in [0.29, 0.717) is 34.5 Å². The summed E-state index contributed by atoms with van der Waals surface area (Å²) in [5.74, 6) is 0.180. The van der Waals surface area contributed by atoms with Crippen LogP contribution in [0.25, 0.3) is 0 Å². The molecular weight excluding hydrogens is 402 g/mol. The fourth-order valence-electron chi connectivity index (χ4n) is 4.66. The van der Waals surface area contributed by atoms with Crippen molar-refractivity contribution in [1.29, 1.82) is 0 Å². The molecule has 0 saturated carbocycles. The summed E-state index contributed by atoms with van der Waals surface area (Å²) in [4.78, 5) is 26.6. The maximum absolute atomic E-state index is 13.4. The molecule has 0 aliphatic carbocycles. The number of ether oxygens (including phenoxy) is 1. The molecule has 0 aromatic heterocycles. The lowest BCUT2D eigenvalue weighted by molar-refractivity contribution is -0.130. The van der Waals surface area contributed by atoms with Gasteiger partial charge in [0.2, 0.25) is 11.8 Å². The molecule has 6 nitrogen and oxygen atoms in total. The van der Waals surface area contributed by atoms with Crippen LogP contribution in [0.1, 0.15) is 32.3 Å². The predicted molar refractivity (Wildman–Crippen MR) is 118 cm³/mol. The van der Waals surface area contributed by atoms with Crippen molar-refractivity contribution in [2.45, 2.75) is 38.3 Å². The lowest BCUT2D eigenvalue weighted by atomic mass is 9.79. The van der Waals surface area contributed by atoms with Gasteiger partial charge in [0, 0.05) is 28.0 Å². The van der Waals surface area contributed by atoms with Gasteiger partial charge in [-0.1, -0.05) is 25.4 Å². The molecule has 4 rings (SSSR count). The zero-order chi connectivity index (χ0) is 21.5. The third-order valence-electron chi connectivity index (χ3n) is 5.92. The molecule has 2 heterocycles. The van der Waals surface area contributed by atoms with Crippen LogP contribution in [-0.4, -0.2) is 25.0 Å². The van der Waals surface area contributed by atoms with Gasteiger partial charge in [-0.05, 0) is 61.2 Å². The maximum Gasteiger partial charge on any atom is 0.250 e. The van der Waals surface area contributed by atoms with Crippen molar-refractivity contribution in [2.75, 3.05) is 17.7 Å². The maximum atomic E-state index is 13.4. The lowest BCUT2D eigenvalue weighted by Crippen LogP contribution is -2.52. The predicted octanol–water partition coefficient (Wildman–Crippen LogP) is 4.16. The SMILES string of the molecule is COc1ccc(NC(=O)[C@@H]2C[C@@H](CC(C)C)N[C@@]23C(=O)Nc2ccc(Cl)cc23)cc1. The molecule has 1 spiro atoms. The first-order valence-corrected chi connectivity index (χ1v) is 10.6. The number of rotatable bonds is 5. The minimum Gasteiger partial charge on any atom is -0.497 e. The highest BCUT2D eigenvalue weighted by Crippen LogP contribution is 2.48. The zero-order valence-electron chi connectivity index (χ0n) is 17.3. The topological polar surface area (TPSA) is 79.5 Å². The quantitative estimate of drug-likeness (QED) is 0.669. The molecule has 2 aliphatic rings. The second-order valence-corrected chi connectivity index (χ2v) is 8.87. The standard InChI is InChI=1S/C23H26ClN3O3/c1-13(2)10-16-12-19(21(28)25-15-5-7-17(30-3)8-6-15)23(27-16)18-11-14(24)4-9-20(18)26-22(23)29/h4-9,11,13,16,19,27H,10,12H2,1-3H3,(H,25,28)(H,26,29)/t16-,19+,23-/m1/s1. The second kappa shape index (κ2) is 7.93. The summed E-state index contributed by atoms with van der Waals surface area (Å²) in [6, 6.07) is 12.5. The summed E-state index contributed by atoms with van der Waals surface area (Å²) < 4.78 is 5.18. The Morgan fingerprint density at radius 2 is 2.00 bits per heavy atom. The molecule has 158 valence electrons. The Morgan fingerprint density at radius 3 is 2.67 bits per heavy atom. The normalized spacial score (nSPS) is 24.8. The number of fused-ring (bicyclic) bond motifs is 2. The first-order chi connectivity index (χ1) is 14.3. The molecule has 3 atom stereocenters. The van der Waals surface area contributed by atoms with Gasteiger partial charge in [-0.3, -0.25) is 14.9 Å². The molecule has 2 aromatic rings. The highest BCUT2D eigenvalue weighted by molar-refractivity contribution is 6.31. The summed E-state index contributed by atoms with van der Waals surface area (Å²) in [5.41, 5.74) is 0.967. The van der Waals surface area contributed by atoms with E-state index in [1.54, 1.807) is 49.6 Å². The van der Waals surface area contributed by atoms with Gasteiger partial charge < -0.3 is 15.4 Å². The van der Waals surface area contributed by atoms with E-state index >= 15 is 0 Å². The zero-order valence-corrected chi connectivity index (χ0v) is 18.0. The summed E-state index contributed by atoms with van der Waals surface area (Å²) in [7, 11) is 1.59. The van der Waals surface area contributed by atoms with E-state index in [2.05, 4.69) is 29.8 Å². The van der Waals surface area contributed by atoms with Crippen molar-refractivity contribution in [1.82, 2.24) is 5.32 Å². The van der Waals surface area contributed by atoms with E-state index in [9.17, 15) is 9.59 Å². The largest absolute Gasteiger partial charge is 0.497 e. The van der Waals surface area contributed by atoms with Crippen molar-refractivity contribution >= 4 is 34.8 Å². The number of methoxy groups -OCH3 is 1. The molecule has 2 amide bonds. The fourth-order valence-corrected chi connectivity index (χ4v) is 4.83. The Morgan fingerprint density at radius 1 is 1.27 bits per heavy atom. The van der Waals surface area contributed by atoms with Crippen molar-refractivity contribution in [3.8, 4) is 5.75 Å². The van der Waals surface area contributed by atoms with Gasteiger partial charge >= 0.3 is 0 Å². The third kappa shape index (κ3) is 3.55. The van der Waals surface area contributed by atoms with Crippen molar-refractivity contribution < 1.29 is 14.3 Å². The lowest BCUT2D eigenvalue weighted by Gasteiger charge is -2.29. The Hall–Kier alpha value is -2.57. The number of carbonyl (C=O) groups excluding carboxylic acids is 2. The fraction of sp³-hybridized carbons (Fsp3) is 0.391. The number of benzene rings is 2. The number of nitrogens with one attached hydrogen (secondary N) is 3. The van der Waals surface area contributed by atoms with Crippen LogP contribution in [0.5, 0.6) is 5.75 Å². The van der Waals surface area contributed by atoms with Crippen molar-refractivity contribution in [3.63, 3.8) is 0 Å². The van der Waals surface area contributed by atoms with Gasteiger partial charge in [0.1, 0.15) is 11.3 Å². The van der Waals surface area contributed by atoms with E-state index in [4.69, 9.17) is 16.3 Å². The molecule has 0 bridgehead atoms. The van der Waals surface area contributed by atoms with Gasteiger partial charge in [0.05, 0.1) is 13.0 Å². The second-order valence-electron chi connectivity index (χ2n) is 8.43. The van der Waals surface area contributed by atoms with Crippen LogP contribution < -0.4 is 20.7 Å². The monoisotopic (exact) mass is 427 g/mol. The highest BCUT2D eigenvalue weighted by Gasteiger charge is 2.60. The van der Waals surface area contributed by atoms with Gasteiger partial charge in [-0.25, -0.2) is 0 Å². The highest BCUT2D eigenvalue weighted by atomic mass is 35.5. The molecule has 3 N–H and O–H groups in total. The first kappa shape index (κ1) is 20.7. The van der Waals surface area contributed by atoms with Crippen LogP contribution in [-0.2, 0) is 15.1 Å². The van der Waals surface area contributed by atoms with Gasteiger partial charge in [-0.15, -0.1) is 0 Å². The molecule has 1 fully saturated rings. The van der Waals surface area contributed by atoms with Gasteiger partial charge in [0.15, 0.2) is 0 Å². The molecule has 7 heteroatoms. The van der Waals surface area contributed by atoms with E-state index < -0.39 is 11.5 Å². The third-order valence-corrected chi connectivity index (χ3v) is 6.15. The molecule has 1 saturated heterocycles. The average Bonchev–Trinajstić information content (AvgIpc) is 3.21. The Bertz CT molecular complexity index is 976. The smallest absolute Gasteiger partial charge is 0.250 e. The van der Waals surface area contributed by atoms with E-state index in [0.717, 1.165) is 12.0 Å². The van der Waals surface area contributed by atoms with Crippen LogP contribution in [0.4, 0.5) is 11.4 Å². The number of carbonyl (C=O) groups is 2. The summed E-state index contributed by atoms with van der Waals surface area (Å²) in [5, 5.41) is 9.97. The Balaban J connectivity index is 1.69. The first-order valence-electron chi connectivity index (χ1n) is 10.2. The number of hydrogen-bond acceptors (Lipinski definition) is 4. The van der Waals surface area contributed by atoms with Crippen LogP contribution in [0.2, 0.25) is 5.02 Å². The van der Waals surface area contributed by atoms with Crippen molar-refractivity contribution in [2.24, 2.45) is 11.8 Å². The molecule has 0 unspecified atom stereocenters. The van der Waals surface area contributed by atoms with Crippen LogP contribution in [0.15, 0.2) is 42.5 Å². The molecule has 2 aliphatic heterocycles. The minimum absolute atomic E-state index is 0.0484. The van der Waals surface area contributed by atoms with Gasteiger partial charge in [0.25, 0.3) is 0 Å². The molecule has 0 radical (unpaired) electrons. The molecule has 2 aromatic carbocycles.